The Labute approximate surface area is 267 Å². The lowest BCUT2D eigenvalue weighted by molar-refractivity contribution is -0.154. The minimum Gasteiger partial charge on any atom is -0.480 e. The number of rotatable bonds is 19. The van der Waals surface area contributed by atoms with E-state index in [1.807, 2.05) is 0 Å². The van der Waals surface area contributed by atoms with Crippen molar-refractivity contribution < 1.29 is 34.0 Å². The Morgan fingerprint density at radius 1 is 0.932 bits per heavy atom. The third kappa shape index (κ3) is 9.08. The quantitative estimate of drug-likeness (QED) is 0.0877. The van der Waals surface area contributed by atoms with Gasteiger partial charge in [-0.3, -0.25) is 0 Å². The van der Waals surface area contributed by atoms with Crippen LogP contribution in [-0.4, -0.2) is 68.7 Å². The summed E-state index contributed by atoms with van der Waals surface area (Å²) in [5.41, 5.74) is 2.73. The van der Waals surface area contributed by atoms with Gasteiger partial charge in [-0.15, -0.1) is 0 Å². The van der Waals surface area contributed by atoms with Gasteiger partial charge in [0.1, 0.15) is 6.61 Å². The molecule has 0 saturated heterocycles. The summed E-state index contributed by atoms with van der Waals surface area (Å²) in [5, 5.41) is 18.3. The molecular formula is C37H64O7. The van der Waals surface area contributed by atoms with E-state index in [9.17, 15) is 9.90 Å². The zero-order valence-electron chi connectivity index (χ0n) is 28.6. The van der Waals surface area contributed by atoms with E-state index in [0.717, 1.165) is 48.5 Å². The lowest BCUT2D eigenvalue weighted by atomic mass is 9.46. The maximum atomic E-state index is 10.4. The normalized spacial score (nSPS) is 34.6. The van der Waals surface area contributed by atoms with Crippen LogP contribution in [0.25, 0.3) is 0 Å². The highest BCUT2D eigenvalue weighted by molar-refractivity contribution is 5.67. The molecule has 2 N–H and O–H groups in total. The predicted molar refractivity (Wildman–Crippen MR) is 173 cm³/mol. The number of aliphatic carboxylic acids is 1. The molecule has 0 aromatic carbocycles. The van der Waals surface area contributed by atoms with Gasteiger partial charge in [-0.2, -0.15) is 0 Å². The minimum atomic E-state index is -1.06. The summed E-state index contributed by atoms with van der Waals surface area (Å²) in [4.78, 5) is 10.4. The van der Waals surface area contributed by atoms with Gasteiger partial charge in [0.25, 0.3) is 0 Å². The Morgan fingerprint density at radius 3 is 2.48 bits per heavy atom. The van der Waals surface area contributed by atoms with Gasteiger partial charge in [-0.1, -0.05) is 65.5 Å². The number of aliphatic hydroxyl groups is 1. The summed E-state index contributed by atoms with van der Waals surface area (Å²) in [7, 11) is 0. The molecule has 0 bridgehead atoms. The standard InChI is InChI=1S/C37H64O7/c1-26(2)7-6-8-27(3)31-11-12-32-30-10-9-29-23-28(13-16-36(29,4)33(30)14-17-37(31,32)5)15-18-41-19-20-43-25-35(40)44-22-21-42-24-34(38)39/h9,26-28,30-33,35,40H,6-8,10-25H2,1-5H3,(H,38,39)/t27-,28?,30?,31-,32?,33?,35?,36+,37-/m1/s1. The molecule has 4 aliphatic rings. The average molecular weight is 621 g/mol. The van der Waals surface area contributed by atoms with Crippen LogP contribution in [0.5, 0.6) is 0 Å². The lowest BCUT2D eigenvalue weighted by Gasteiger charge is -2.58. The van der Waals surface area contributed by atoms with Crippen molar-refractivity contribution in [3.63, 3.8) is 0 Å². The summed E-state index contributed by atoms with van der Waals surface area (Å²) in [6, 6.07) is 0. The van der Waals surface area contributed by atoms with Gasteiger partial charge >= 0.3 is 5.97 Å². The molecule has 5 unspecified atom stereocenters. The smallest absolute Gasteiger partial charge is 0.329 e. The third-order valence-corrected chi connectivity index (χ3v) is 12.5. The summed E-state index contributed by atoms with van der Waals surface area (Å²) < 4.78 is 21.3. The Bertz CT molecular complexity index is 920. The fourth-order valence-electron chi connectivity index (χ4n) is 10.1. The number of hydrogen-bond donors (Lipinski definition) is 2. The molecule has 3 fully saturated rings. The van der Waals surface area contributed by atoms with E-state index in [1.165, 1.54) is 70.6 Å². The molecule has 0 amide bonds. The monoisotopic (exact) mass is 620 g/mol. The number of allylic oxidation sites excluding steroid dienone is 2. The maximum absolute atomic E-state index is 10.4. The number of carbonyl (C=O) groups is 1. The van der Waals surface area contributed by atoms with E-state index in [1.54, 1.807) is 5.57 Å². The third-order valence-electron chi connectivity index (χ3n) is 12.5. The van der Waals surface area contributed by atoms with E-state index in [0.29, 0.717) is 30.0 Å². The SMILES string of the molecule is CC(C)CCC[C@@H](C)[C@H]1CCC2C3CC=C4CC(CCOCCOCC(O)OCCOCC(=O)O)CC[C@]4(C)C3CC[C@@]21C. The first kappa shape index (κ1) is 35.9. The zero-order valence-corrected chi connectivity index (χ0v) is 28.6. The van der Waals surface area contributed by atoms with Crippen LogP contribution >= 0.6 is 0 Å². The second-order valence-electron chi connectivity index (χ2n) is 15.6. The van der Waals surface area contributed by atoms with E-state index in [4.69, 9.17) is 24.1 Å². The van der Waals surface area contributed by atoms with Crippen molar-refractivity contribution in [1.29, 1.82) is 0 Å². The first-order chi connectivity index (χ1) is 21.0. The molecule has 9 atom stereocenters. The van der Waals surface area contributed by atoms with Crippen LogP contribution in [0, 0.1) is 52.3 Å². The number of carboxylic acid groups (broad SMARTS) is 1. The fourth-order valence-corrected chi connectivity index (χ4v) is 10.1. The zero-order chi connectivity index (χ0) is 31.7. The molecule has 7 nitrogen and oxygen atoms in total. The molecule has 0 aromatic heterocycles. The van der Waals surface area contributed by atoms with E-state index in [-0.39, 0.29) is 26.4 Å². The summed E-state index contributed by atoms with van der Waals surface area (Å²) >= 11 is 0. The number of hydrogen-bond acceptors (Lipinski definition) is 6. The first-order valence-electron chi connectivity index (χ1n) is 18.0. The van der Waals surface area contributed by atoms with Crippen LogP contribution in [-0.2, 0) is 23.7 Å². The molecular weight excluding hydrogens is 556 g/mol. The van der Waals surface area contributed by atoms with Crippen molar-refractivity contribution in [3.05, 3.63) is 11.6 Å². The molecule has 0 heterocycles. The topological polar surface area (TPSA) is 94.5 Å². The highest BCUT2D eigenvalue weighted by Crippen LogP contribution is 2.67. The Morgan fingerprint density at radius 2 is 1.70 bits per heavy atom. The second kappa shape index (κ2) is 16.7. The molecule has 0 aliphatic heterocycles. The van der Waals surface area contributed by atoms with Crippen molar-refractivity contribution in [2.24, 2.45) is 52.3 Å². The molecule has 4 aliphatic carbocycles. The summed E-state index contributed by atoms with van der Waals surface area (Å²) in [6.45, 7) is 14.2. The second-order valence-corrected chi connectivity index (χ2v) is 15.6. The van der Waals surface area contributed by atoms with Crippen molar-refractivity contribution in [3.8, 4) is 0 Å². The van der Waals surface area contributed by atoms with Crippen molar-refractivity contribution in [2.45, 2.75) is 118 Å². The number of ether oxygens (including phenoxy) is 4. The fraction of sp³-hybridized carbons (Fsp3) is 0.919. The lowest BCUT2D eigenvalue weighted by Crippen LogP contribution is -2.50. The van der Waals surface area contributed by atoms with Gasteiger partial charge in [0.2, 0.25) is 0 Å². The molecule has 0 aromatic rings. The number of carboxylic acids is 1. The van der Waals surface area contributed by atoms with Gasteiger partial charge in [0.05, 0.1) is 33.0 Å². The van der Waals surface area contributed by atoms with Crippen LogP contribution in [0.1, 0.15) is 112 Å². The maximum Gasteiger partial charge on any atom is 0.329 e. The summed E-state index contributed by atoms with van der Waals surface area (Å²) in [5.74, 6) is 5.01. The molecule has 4 rings (SSSR count). The highest BCUT2D eigenvalue weighted by Gasteiger charge is 2.59. The van der Waals surface area contributed by atoms with Gasteiger partial charge in [0, 0.05) is 6.61 Å². The summed E-state index contributed by atoms with van der Waals surface area (Å²) in [6.07, 6.45) is 18.0. The molecule has 44 heavy (non-hydrogen) atoms. The van der Waals surface area contributed by atoms with Crippen molar-refractivity contribution in [1.82, 2.24) is 0 Å². The first-order valence-corrected chi connectivity index (χ1v) is 18.0. The molecule has 7 heteroatoms. The Kier molecular flexibility index (Phi) is 13.6. The molecule has 3 saturated carbocycles. The van der Waals surface area contributed by atoms with Crippen molar-refractivity contribution >= 4 is 5.97 Å². The van der Waals surface area contributed by atoms with Crippen LogP contribution < -0.4 is 0 Å². The molecule has 0 radical (unpaired) electrons. The van der Waals surface area contributed by atoms with Crippen LogP contribution in [0.4, 0.5) is 0 Å². The molecule has 0 spiro atoms. The van der Waals surface area contributed by atoms with Crippen LogP contribution in [0.2, 0.25) is 0 Å². The number of fused-ring (bicyclic) bond motifs is 5. The minimum absolute atomic E-state index is 0.0534. The van der Waals surface area contributed by atoms with Crippen LogP contribution in [0.15, 0.2) is 11.6 Å². The van der Waals surface area contributed by atoms with Crippen molar-refractivity contribution in [2.75, 3.05) is 46.2 Å². The van der Waals surface area contributed by atoms with E-state index in [2.05, 4.69) is 40.7 Å². The van der Waals surface area contributed by atoms with Gasteiger partial charge in [-0.05, 0) is 110 Å². The largest absolute Gasteiger partial charge is 0.480 e. The van der Waals surface area contributed by atoms with Gasteiger partial charge in [-0.25, -0.2) is 4.79 Å². The van der Waals surface area contributed by atoms with E-state index < -0.39 is 12.3 Å². The average Bonchev–Trinajstić information content (AvgIpc) is 3.33. The molecule has 254 valence electrons. The highest BCUT2D eigenvalue weighted by atomic mass is 16.6. The van der Waals surface area contributed by atoms with E-state index >= 15 is 0 Å². The van der Waals surface area contributed by atoms with Gasteiger partial charge in [0.15, 0.2) is 6.29 Å². The number of aliphatic hydroxyl groups excluding tert-OH is 1. The van der Waals surface area contributed by atoms with Gasteiger partial charge < -0.3 is 29.2 Å². The predicted octanol–water partition coefficient (Wildman–Crippen LogP) is 7.50. The van der Waals surface area contributed by atoms with Crippen LogP contribution in [0.3, 0.4) is 0 Å². The Balaban J connectivity index is 1.15. The Hall–Kier alpha value is -0.990.